The van der Waals surface area contributed by atoms with Gasteiger partial charge in [-0.1, -0.05) is 6.07 Å². The van der Waals surface area contributed by atoms with Gasteiger partial charge in [-0.3, -0.25) is 0 Å². The molecule has 2 heteroatoms. The van der Waals surface area contributed by atoms with Crippen LogP contribution in [0.3, 0.4) is 0 Å². The number of nitrogens with two attached hydrogens (primary N) is 1. The summed E-state index contributed by atoms with van der Waals surface area (Å²) in [6.07, 6.45) is 1.11. The van der Waals surface area contributed by atoms with E-state index in [9.17, 15) is 0 Å². The van der Waals surface area contributed by atoms with E-state index in [0.717, 1.165) is 19.5 Å². The molecule has 1 rings (SSSR count). The highest BCUT2D eigenvalue weighted by atomic mass is 15.1. The van der Waals surface area contributed by atoms with Crippen LogP contribution in [0, 0.1) is 27.7 Å². The number of hydrogen-bond donors (Lipinski definition) is 1. The van der Waals surface area contributed by atoms with Gasteiger partial charge in [0.15, 0.2) is 0 Å². The normalized spacial score (nSPS) is 13.1. The van der Waals surface area contributed by atoms with Gasteiger partial charge in [0, 0.05) is 19.1 Å². The third-order valence-corrected chi connectivity index (χ3v) is 4.33. The van der Waals surface area contributed by atoms with Crippen LogP contribution in [0.4, 0.5) is 0 Å². The Hall–Kier alpha value is -0.860. The minimum Gasteiger partial charge on any atom is -0.329 e. The highest BCUT2D eigenvalue weighted by molar-refractivity contribution is 5.44. The highest BCUT2D eigenvalue weighted by Crippen LogP contribution is 2.22. The summed E-state index contributed by atoms with van der Waals surface area (Å²) in [6, 6.07) is 2.75. The van der Waals surface area contributed by atoms with E-state index < -0.39 is 0 Å². The van der Waals surface area contributed by atoms with Crippen molar-refractivity contribution in [1.29, 1.82) is 0 Å². The second kappa shape index (κ2) is 6.35. The number of nitrogens with zero attached hydrogens (tertiary/aromatic N) is 1. The molecule has 0 fully saturated rings. The first-order valence-corrected chi connectivity index (χ1v) is 6.85. The topological polar surface area (TPSA) is 29.3 Å². The van der Waals surface area contributed by atoms with E-state index in [2.05, 4.69) is 52.6 Å². The van der Waals surface area contributed by atoms with E-state index in [4.69, 9.17) is 5.73 Å². The van der Waals surface area contributed by atoms with E-state index in [1.54, 1.807) is 0 Å². The van der Waals surface area contributed by atoms with Crippen molar-refractivity contribution in [1.82, 2.24) is 4.90 Å². The Morgan fingerprint density at radius 3 is 2.06 bits per heavy atom. The zero-order chi connectivity index (χ0) is 13.9. The Morgan fingerprint density at radius 2 is 1.61 bits per heavy atom. The van der Waals surface area contributed by atoms with Gasteiger partial charge >= 0.3 is 0 Å². The first kappa shape index (κ1) is 15.2. The lowest BCUT2D eigenvalue weighted by Crippen LogP contribution is -2.36. The van der Waals surface area contributed by atoms with Gasteiger partial charge in [0.25, 0.3) is 0 Å². The van der Waals surface area contributed by atoms with Gasteiger partial charge in [0.2, 0.25) is 0 Å². The third-order valence-electron chi connectivity index (χ3n) is 4.33. The summed E-state index contributed by atoms with van der Waals surface area (Å²) in [6.45, 7) is 12.9. The second-order valence-electron chi connectivity index (χ2n) is 5.55. The fourth-order valence-corrected chi connectivity index (χ4v) is 2.36. The SMILES string of the molecule is Cc1cc(C)c(C)c(CCN(C)C(C)CN)c1C. The van der Waals surface area contributed by atoms with Crippen LogP contribution in [-0.2, 0) is 6.42 Å². The molecule has 1 unspecified atom stereocenters. The highest BCUT2D eigenvalue weighted by Gasteiger charge is 2.11. The molecule has 0 aliphatic rings. The van der Waals surface area contributed by atoms with Crippen molar-refractivity contribution in [2.45, 2.75) is 47.1 Å². The van der Waals surface area contributed by atoms with E-state index in [1.807, 2.05) is 0 Å². The molecule has 2 nitrogen and oxygen atoms in total. The molecule has 0 bridgehead atoms. The van der Waals surface area contributed by atoms with Crippen LogP contribution in [0.5, 0.6) is 0 Å². The Bertz CT molecular complexity index is 384. The average molecular weight is 248 g/mol. The third kappa shape index (κ3) is 3.33. The summed E-state index contributed by atoms with van der Waals surface area (Å²) in [5.41, 5.74) is 12.9. The number of likely N-dealkylation sites (N-methyl/N-ethyl adjacent to an activating group) is 1. The fraction of sp³-hybridized carbons (Fsp3) is 0.625. The van der Waals surface area contributed by atoms with Crippen molar-refractivity contribution in [3.05, 3.63) is 33.9 Å². The number of benzene rings is 1. The number of aryl methyl sites for hydroxylation is 2. The van der Waals surface area contributed by atoms with Crippen LogP contribution in [0.2, 0.25) is 0 Å². The molecule has 0 radical (unpaired) electrons. The lowest BCUT2D eigenvalue weighted by Gasteiger charge is -2.24. The largest absolute Gasteiger partial charge is 0.329 e. The quantitative estimate of drug-likeness (QED) is 0.868. The van der Waals surface area contributed by atoms with Crippen LogP contribution in [0.15, 0.2) is 6.07 Å². The Labute approximate surface area is 112 Å². The Kier molecular flexibility index (Phi) is 5.36. The molecule has 2 N–H and O–H groups in total. The van der Waals surface area contributed by atoms with E-state index in [1.165, 1.54) is 27.8 Å². The molecular formula is C16H28N2. The van der Waals surface area contributed by atoms with Gasteiger partial charge in [-0.25, -0.2) is 0 Å². The van der Waals surface area contributed by atoms with E-state index in [0.29, 0.717) is 6.04 Å². The molecule has 1 aromatic carbocycles. The zero-order valence-electron chi connectivity index (χ0n) is 12.8. The first-order valence-electron chi connectivity index (χ1n) is 6.85. The average Bonchev–Trinajstić information content (AvgIpc) is 2.35. The molecular weight excluding hydrogens is 220 g/mol. The molecule has 0 amide bonds. The van der Waals surface area contributed by atoms with Crippen LogP contribution >= 0.6 is 0 Å². The van der Waals surface area contributed by atoms with Gasteiger partial charge < -0.3 is 10.6 Å². The standard InChI is InChI=1S/C16H28N2/c1-11-9-12(2)15(5)16(14(11)4)7-8-18(6)13(3)10-17/h9,13H,7-8,10,17H2,1-6H3. The van der Waals surface area contributed by atoms with Gasteiger partial charge in [0.05, 0.1) is 0 Å². The maximum atomic E-state index is 5.71. The minimum atomic E-state index is 0.455. The maximum Gasteiger partial charge on any atom is 0.0187 e. The van der Waals surface area contributed by atoms with Crippen molar-refractivity contribution < 1.29 is 0 Å². The minimum absolute atomic E-state index is 0.455. The predicted molar refractivity (Wildman–Crippen MR) is 80.2 cm³/mol. The summed E-state index contributed by atoms with van der Waals surface area (Å²) in [4.78, 5) is 2.34. The molecule has 0 heterocycles. The zero-order valence-corrected chi connectivity index (χ0v) is 12.8. The molecule has 0 saturated carbocycles. The molecule has 1 aromatic rings. The lowest BCUT2D eigenvalue weighted by molar-refractivity contribution is 0.266. The smallest absolute Gasteiger partial charge is 0.0187 e. The van der Waals surface area contributed by atoms with Gasteiger partial charge in [-0.15, -0.1) is 0 Å². The summed E-state index contributed by atoms with van der Waals surface area (Å²) >= 11 is 0. The van der Waals surface area contributed by atoms with Gasteiger partial charge in [-0.2, -0.15) is 0 Å². The predicted octanol–water partition coefficient (Wildman–Crippen LogP) is 2.74. The van der Waals surface area contributed by atoms with E-state index in [-0.39, 0.29) is 0 Å². The maximum absolute atomic E-state index is 5.71. The first-order chi connectivity index (χ1) is 8.38. The van der Waals surface area contributed by atoms with Crippen molar-refractivity contribution >= 4 is 0 Å². The molecule has 1 atom stereocenters. The molecule has 0 aliphatic carbocycles. The summed E-state index contributed by atoms with van der Waals surface area (Å²) in [5.74, 6) is 0. The number of hydrogen-bond acceptors (Lipinski definition) is 2. The van der Waals surface area contributed by atoms with Crippen molar-refractivity contribution in [2.24, 2.45) is 5.73 Å². The molecule has 0 aromatic heterocycles. The van der Waals surface area contributed by atoms with Crippen LogP contribution in [0.25, 0.3) is 0 Å². The summed E-state index contributed by atoms with van der Waals surface area (Å²) in [5, 5.41) is 0. The molecule has 0 aliphatic heterocycles. The molecule has 102 valence electrons. The number of rotatable bonds is 5. The van der Waals surface area contributed by atoms with Crippen LogP contribution in [0.1, 0.15) is 34.7 Å². The summed E-state index contributed by atoms with van der Waals surface area (Å²) in [7, 11) is 2.16. The Morgan fingerprint density at radius 1 is 1.11 bits per heavy atom. The van der Waals surface area contributed by atoms with Crippen molar-refractivity contribution in [3.8, 4) is 0 Å². The van der Waals surface area contributed by atoms with Crippen molar-refractivity contribution in [2.75, 3.05) is 20.1 Å². The molecule has 0 spiro atoms. The molecule has 0 saturated heterocycles. The second-order valence-corrected chi connectivity index (χ2v) is 5.55. The van der Waals surface area contributed by atoms with Gasteiger partial charge in [0.1, 0.15) is 0 Å². The lowest BCUT2D eigenvalue weighted by atomic mass is 9.92. The molecule has 18 heavy (non-hydrogen) atoms. The van der Waals surface area contributed by atoms with E-state index >= 15 is 0 Å². The van der Waals surface area contributed by atoms with Gasteiger partial charge in [-0.05, 0) is 75.9 Å². The monoisotopic (exact) mass is 248 g/mol. The fourth-order valence-electron chi connectivity index (χ4n) is 2.36. The summed E-state index contributed by atoms with van der Waals surface area (Å²) < 4.78 is 0. The van der Waals surface area contributed by atoms with Crippen molar-refractivity contribution in [3.63, 3.8) is 0 Å². The van der Waals surface area contributed by atoms with Crippen LogP contribution in [-0.4, -0.2) is 31.1 Å². The van der Waals surface area contributed by atoms with Crippen LogP contribution < -0.4 is 5.73 Å². The Balaban J connectivity index is 2.85.